The number of hydrogen-bond donors (Lipinski definition) is 1. The molecule has 1 N–H and O–H groups in total. The van der Waals surface area contributed by atoms with Crippen LogP contribution in [0.3, 0.4) is 0 Å². The molecular weight excluding hydrogens is 426 g/mol. The maximum Gasteiger partial charge on any atom is 0.269 e. The average Bonchev–Trinajstić information content (AvgIpc) is 3.35. The first kappa shape index (κ1) is 19.6. The number of nitro groups is 1. The Morgan fingerprint density at radius 2 is 1.50 bits per heavy atom. The van der Waals surface area contributed by atoms with Gasteiger partial charge >= 0.3 is 0 Å². The topological polar surface area (TPSA) is 105 Å². The molecule has 0 spiro atoms. The van der Waals surface area contributed by atoms with Gasteiger partial charge < -0.3 is 5.11 Å². The van der Waals surface area contributed by atoms with E-state index in [1.807, 2.05) is 60.7 Å². The molecule has 9 heteroatoms. The molecule has 2 aromatic heterocycles. The second kappa shape index (κ2) is 8.05. The number of non-ortho nitro benzene ring substituents is 1. The molecule has 0 aliphatic rings. The number of rotatable bonds is 5. The normalized spacial score (nSPS) is 11.4. The zero-order valence-electron chi connectivity index (χ0n) is 16.5. The van der Waals surface area contributed by atoms with Gasteiger partial charge in [0.2, 0.25) is 10.9 Å². The molecule has 0 bridgehead atoms. The van der Waals surface area contributed by atoms with Crippen LogP contribution in [0.25, 0.3) is 27.5 Å². The molecule has 0 saturated carbocycles. The Morgan fingerprint density at radius 1 is 0.875 bits per heavy atom. The van der Waals surface area contributed by atoms with Gasteiger partial charge in [-0.3, -0.25) is 14.5 Å². The molecule has 0 aliphatic heterocycles. The van der Waals surface area contributed by atoms with E-state index in [1.54, 1.807) is 4.40 Å². The van der Waals surface area contributed by atoms with Gasteiger partial charge in [-0.25, -0.2) is 4.98 Å². The van der Waals surface area contributed by atoms with Gasteiger partial charge in [0.1, 0.15) is 0 Å². The predicted octanol–water partition coefficient (Wildman–Crippen LogP) is 6.76. The summed E-state index contributed by atoms with van der Waals surface area (Å²) < 4.78 is 1.67. The molecule has 2 heterocycles. The molecule has 3 aromatic carbocycles. The van der Waals surface area contributed by atoms with Gasteiger partial charge in [-0.2, -0.15) is 0 Å². The van der Waals surface area contributed by atoms with Gasteiger partial charge in [0.05, 0.1) is 22.0 Å². The molecule has 0 aliphatic carbocycles. The van der Waals surface area contributed by atoms with Crippen LogP contribution >= 0.6 is 11.3 Å². The summed E-state index contributed by atoms with van der Waals surface area (Å²) in [7, 11) is 0. The third kappa shape index (κ3) is 3.50. The number of nitrogens with zero attached hydrogens (tertiary/aromatic N) is 5. The maximum absolute atomic E-state index is 11.0. The lowest BCUT2D eigenvalue weighted by Crippen LogP contribution is -1.88. The average molecular weight is 441 g/mol. The highest BCUT2D eigenvalue weighted by Gasteiger charge is 2.22. The number of imidazole rings is 1. The van der Waals surface area contributed by atoms with Crippen molar-refractivity contribution in [3.63, 3.8) is 0 Å². The smallest absolute Gasteiger partial charge is 0.269 e. The van der Waals surface area contributed by atoms with Gasteiger partial charge in [0.25, 0.3) is 5.69 Å². The van der Waals surface area contributed by atoms with Crippen molar-refractivity contribution in [1.82, 2.24) is 9.38 Å². The van der Waals surface area contributed by atoms with E-state index in [0.717, 1.165) is 22.5 Å². The summed E-state index contributed by atoms with van der Waals surface area (Å²) in [4.78, 5) is 15.7. The van der Waals surface area contributed by atoms with Crippen molar-refractivity contribution in [2.45, 2.75) is 0 Å². The maximum atomic E-state index is 11.0. The first-order valence-electron chi connectivity index (χ1n) is 9.63. The molecule has 32 heavy (non-hydrogen) atoms. The molecule has 156 valence electrons. The third-order valence-corrected chi connectivity index (χ3v) is 5.76. The number of fused-ring (bicyclic) bond motifs is 1. The van der Waals surface area contributed by atoms with E-state index in [0.29, 0.717) is 15.6 Å². The molecule has 0 amide bonds. The van der Waals surface area contributed by atoms with Crippen LogP contribution in [-0.4, -0.2) is 19.4 Å². The summed E-state index contributed by atoms with van der Waals surface area (Å²) in [5, 5.41) is 30.3. The second-order valence-electron chi connectivity index (χ2n) is 6.86. The number of aromatic nitrogens is 2. The molecule has 0 unspecified atom stereocenters. The van der Waals surface area contributed by atoms with E-state index in [4.69, 9.17) is 4.98 Å². The molecular formula is C23H15N5O3S. The fourth-order valence-electron chi connectivity index (χ4n) is 3.36. The van der Waals surface area contributed by atoms with Crippen LogP contribution in [0.15, 0.2) is 95.2 Å². The van der Waals surface area contributed by atoms with Crippen LogP contribution < -0.4 is 0 Å². The van der Waals surface area contributed by atoms with E-state index >= 15 is 0 Å². The number of benzene rings is 3. The molecule has 5 aromatic rings. The highest BCUT2D eigenvalue weighted by atomic mass is 32.1. The Bertz CT molecular complexity index is 1440. The van der Waals surface area contributed by atoms with E-state index in [2.05, 4.69) is 10.2 Å². The fourth-order valence-corrected chi connectivity index (χ4v) is 4.20. The van der Waals surface area contributed by atoms with Crippen LogP contribution in [0.4, 0.5) is 16.4 Å². The van der Waals surface area contributed by atoms with Crippen LogP contribution in [0.2, 0.25) is 0 Å². The van der Waals surface area contributed by atoms with Crippen molar-refractivity contribution in [2.75, 3.05) is 0 Å². The lowest BCUT2D eigenvalue weighted by Gasteiger charge is -2.05. The van der Waals surface area contributed by atoms with Crippen molar-refractivity contribution in [3.05, 3.63) is 95.0 Å². The molecule has 8 nitrogen and oxygen atoms in total. The fraction of sp³-hybridized carbons (Fsp3) is 0. The first-order chi connectivity index (χ1) is 15.6. The minimum Gasteiger partial charge on any atom is -0.492 e. The molecule has 0 saturated heterocycles. The Balaban J connectivity index is 1.61. The predicted molar refractivity (Wildman–Crippen MR) is 123 cm³/mol. The van der Waals surface area contributed by atoms with Crippen LogP contribution in [-0.2, 0) is 0 Å². The highest BCUT2D eigenvalue weighted by Crippen LogP contribution is 2.44. The van der Waals surface area contributed by atoms with E-state index < -0.39 is 4.92 Å². The van der Waals surface area contributed by atoms with Crippen molar-refractivity contribution in [1.29, 1.82) is 0 Å². The number of hydrogen-bond acceptors (Lipinski definition) is 7. The van der Waals surface area contributed by atoms with Gasteiger partial charge in [0.15, 0.2) is 4.96 Å². The summed E-state index contributed by atoms with van der Waals surface area (Å²) in [6.45, 7) is 0. The summed E-state index contributed by atoms with van der Waals surface area (Å²) in [6.07, 6.45) is 0. The quantitative estimate of drug-likeness (QED) is 0.185. The minimum atomic E-state index is -0.476. The summed E-state index contributed by atoms with van der Waals surface area (Å²) in [5.41, 5.74) is 3.78. The van der Waals surface area contributed by atoms with E-state index in [9.17, 15) is 15.2 Å². The van der Waals surface area contributed by atoms with Gasteiger partial charge in [-0.1, -0.05) is 72.0 Å². The zero-order valence-corrected chi connectivity index (χ0v) is 17.3. The molecule has 5 rings (SSSR count). The minimum absolute atomic E-state index is 0.0256. The Labute approximate surface area is 185 Å². The number of azo groups is 1. The molecule has 0 fully saturated rings. The van der Waals surface area contributed by atoms with Crippen LogP contribution in [0, 0.1) is 10.1 Å². The lowest BCUT2D eigenvalue weighted by molar-refractivity contribution is -0.384. The largest absolute Gasteiger partial charge is 0.492 e. The van der Waals surface area contributed by atoms with E-state index in [1.165, 1.54) is 35.6 Å². The van der Waals surface area contributed by atoms with Crippen molar-refractivity contribution >= 4 is 32.7 Å². The molecule has 0 radical (unpaired) electrons. The van der Waals surface area contributed by atoms with Gasteiger partial charge in [-0.05, 0) is 12.1 Å². The van der Waals surface area contributed by atoms with Crippen LogP contribution in [0.1, 0.15) is 0 Å². The summed E-state index contributed by atoms with van der Waals surface area (Å²) in [5.74, 6) is -0.0656. The number of aromatic hydroxyl groups is 1. The van der Waals surface area contributed by atoms with Crippen LogP contribution in [0.5, 0.6) is 5.88 Å². The van der Waals surface area contributed by atoms with Crippen molar-refractivity contribution in [3.8, 4) is 28.4 Å². The monoisotopic (exact) mass is 441 g/mol. The van der Waals surface area contributed by atoms with Crippen molar-refractivity contribution < 1.29 is 10.0 Å². The van der Waals surface area contributed by atoms with Crippen molar-refractivity contribution in [2.24, 2.45) is 10.2 Å². The Hall–Kier alpha value is -4.37. The highest BCUT2D eigenvalue weighted by molar-refractivity contribution is 7.21. The zero-order chi connectivity index (χ0) is 22.1. The number of thiazole rings is 1. The SMILES string of the molecule is O=[N+]([O-])c1ccc(N=Nc2sc3nc(-c4ccccc4)c(-c4ccccc4)n3c2O)cc1. The van der Waals surface area contributed by atoms with Gasteiger partial charge in [-0.15, -0.1) is 10.2 Å². The first-order valence-corrected chi connectivity index (χ1v) is 10.4. The second-order valence-corrected chi connectivity index (χ2v) is 7.82. The number of nitro benzene ring substituents is 1. The van der Waals surface area contributed by atoms with Gasteiger partial charge in [0, 0.05) is 23.3 Å². The third-order valence-electron chi connectivity index (χ3n) is 4.85. The standard InChI is InChI=1S/C23H15N5O3S/c29-22-21(26-25-17-11-13-18(14-12-17)28(30)31)32-23-24-19(15-7-3-1-4-8-15)20(27(22)23)16-9-5-2-6-10-16/h1-14,29H. The Morgan fingerprint density at radius 3 is 2.12 bits per heavy atom. The summed E-state index contributed by atoms with van der Waals surface area (Å²) >= 11 is 1.21. The molecule has 0 atom stereocenters. The summed E-state index contributed by atoms with van der Waals surface area (Å²) in [6, 6.07) is 25.2. The lowest BCUT2D eigenvalue weighted by atomic mass is 10.1. The Kier molecular flexibility index (Phi) is 4.92. The van der Waals surface area contributed by atoms with E-state index in [-0.39, 0.29) is 11.6 Å².